The summed E-state index contributed by atoms with van der Waals surface area (Å²) in [6, 6.07) is 8.18. The third-order valence-electron chi connectivity index (χ3n) is 3.66. The zero-order valence-corrected chi connectivity index (χ0v) is 13.8. The van der Waals surface area contributed by atoms with E-state index in [1.54, 1.807) is 23.7 Å². The molecule has 1 aromatic carbocycles. The molecule has 0 N–H and O–H groups in total. The molecule has 1 aliphatic heterocycles. The van der Waals surface area contributed by atoms with Crippen LogP contribution in [0.3, 0.4) is 0 Å². The molecule has 116 valence electrons. The molecular weight excluding hydrogens is 298 g/mol. The summed E-state index contributed by atoms with van der Waals surface area (Å²) < 4.78 is 5.18. The quantitative estimate of drug-likeness (QED) is 0.868. The smallest absolute Gasteiger partial charge is 0.236 e. The zero-order valence-electron chi connectivity index (χ0n) is 12.9. The fraction of sp³-hybridized carbons (Fsp3) is 0.438. The minimum Gasteiger partial charge on any atom is -0.339 e. The first-order valence-electron chi connectivity index (χ1n) is 7.36. The Labute approximate surface area is 134 Å². The van der Waals surface area contributed by atoms with Gasteiger partial charge < -0.3 is 9.42 Å². The van der Waals surface area contributed by atoms with Crippen molar-refractivity contribution in [2.45, 2.75) is 42.9 Å². The van der Waals surface area contributed by atoms with E-state index in [4.69, 9.17) is 4.52 Å². The topological polar surface area (TPSA) is 59.2 Å². The first-order valence-corrected chi connectivity index (χ1v) is 8.24. The van der Waals surface area contributed by atoms with Crippen molar-refractivity contribution < 1.29 is 9.32 Å². The number of nitrogens with zero attached hydrogens (tertiary/aromatic N) is 3. The van der Waals surface area contributed by atoms with Gasteiger partial charge in [0.15, 0.2) is 5.82 Å². The Bertz CT molecular complexity index is 659. The maximum atomic E-state index is 12.6. The molecule has 22 heavy (non-hydrogen) atoms. The van der Waals surface area contributed by atoms with Gasteiger partial charge in [0.1, 0.15) is 0 Å². The molecule has 0 saturated heterocycles. The van der Waals surface area contributed by atoms with Gasteiger partial charge in [-0.25, -0.2) is 0 Å². The van der Waals surface area contributed by atoms with E-state index in [9.17, 15) is 4.79 Å². The SMILES string of the molecule is CC(C)c1nc(CN(C)C(=O)C2Cc3ccccc3S2)no1. The van der Waals surface area contributed by atoms with Crippen LogP contribution in [0.2, 0.25) is 0 Å². The molecule has 1 aliphatic rings. The summed E-state index contributed by atoms with van der Waals surface area (Å²) >= 11 is 1.64. The second-order valence-corrected chi connectivity index (χ2v) is 7.06. The van der Waals surface area contributed by atoms with Crippen LogP contribution < -0.4 is 0 Å². The largest absolute Gasteiger partial charge is 0.339 e. The Hall–Kier alpha value is -1.82. The third kappa shape index (κ3) is 3.02. The molecule has 3 rings (SSSR count). The molecule has 0 bridgehead atoms. The Morgan fingerprint density at radius 2 is 2.23 bits per heavy atom. The van der Waals surface area contributed by atoms with Crippen LogP contribution in [0.25, 0.3) is 0 Å². The summed E-state index contributed by atoms with van der Waals surface area (Å²) in [7, 11) is 1.79. The minimum atomic E-state index is -0.0566. The Morgan fingerprint density at radius 3 is 2.91 bits per heavy atom. The van der Waals surface area contributed by atoms with Crippen LogP contribution in [0, 0.1) is 0 Å². The number of carbonyl (C=O) groups excluding carboxylic acids is 1. The normalized spacial score (nSPS) is 16.8. The molecule has 0 saturated carbocycles. The number of fused-ring (bicyclic) bond motifs is 1. The average molecular weight is 317 g/mol. The van der Waals surface area contributed by atoms with Gasteiger partial charge in [0.2, 0.25) is 11.8 Å². The van der Waals surface area contributed by atoms with Crippen molar-refractivity contribution in [3.63, 3.8) is 0 Å². The van der Waals surface area contributed by atoms with Crippen LogP contribution in [-0.2, 0) is 17.8 Å². The highest BCUT2D eigenvalue weighted by atomic mass is 32.2. The number of benzene rings is 1. The standard InChI is InChI=1S/C16H19N3O2S/c1-10(2)15-17-14(18-21-15)9-19(3)16(20)13-8-11-6-4-5-7-12(11)22-13/h4-7,10,13H,8-9H2,1-3H3. The van der Waals surface area contributed by atoms with E-state index in [1.165, 1.54) is 10.5 Å². The van der Waals surface area contributed by atoms with Crippen LogP contribution >= 0.6 is 11.8 Å². The van der Waals surface area contributed by atoms with Gasteiger partial charge in [-0.1, -0.05) is 37.2 Å². The van der Waals surface area contributed by atoms with Gasteiger partial charge in [-0.15, -0.1) is 11.8 Å². The van der Waals surface area contributed by atoms with Gasteiger partial charge in [-0.3, -0.25) is 4.79 Å². The lowest BCUT2D eigenvalue weighted by atomic mass is 10.1. The Balaban J connectivity index is 1.63. The van der Waals surface area contributed by atoms with Crippen molar-refractivity contribution >= 4 is 17.7 Å². The number of rotatable bonds is 4. The molecule has 2 aromatic rings. The summed E-state index contributed by atoms with van der Waals surface area (Å²) in [6.07, 6.45) is 0.785. The van der Waals surface area contributed by atoms with Crippen molar-refractivity contribution in [1.82, 2.24) is 15.0 Å². The summed E-state index contributed by atoms with van der Waals surface area (Å²) in [4.78, 5) is 19.8. The second kappa shape index (κ2) is 6.12. The van der Waals surface area contributed by atoms with Gasteiger partial charge in [0.25, 0.3) is 0 Å². The van der Waals surface area contributed by atoms with E-state index >= 15 is 0 Å². The van der Waals surface area contributed by atoms with Gasteiger partial charge in [0.05, 0.1) is 11.8 Å². The lowest BCUT2D eigenvalue weighted by molar-refractivity contribution is -0.129. The van der Waals surface area contributed by atoms with Crippen molar-refractivity contribution in [2.24, 2.45) is 0 Å². The molecule has 1 aromatic heterocycles. The fourth-order valence-corrected chi connectivity index (χ4v) is 3.73. The minimum absolute atomic E-state index is 0.0566. The van der Waals surface area contributed by atoms with Gasteiger partial charge in [0, 0.05) is 17.9 Å². The number of amides is 1. The van der Waals surface area contributed by atoms with Crippen LogP contribution in [0.4, 0.5) is 0 Å². The maximum absolute atomic E-state index is 12.6. The highest BCUT2D eigenvalue weighted by Gasteiger charge is 2.30. The first-order chi connectivity index (χ1) is 10.5. The van der Waals surface area contributed by atoms with Crippen molar-refractivity contribution in [1.29, 1.82) is 0 Å². The van der Waals surface area contributed by atoms with Crippen molar-refractivity contribution in [3.05, 3.63) is 41.5 Å². The molecule has 1 atom stereocenters. The monoisotopic (exact) mass is 317 g/mol. The highest BCUT2D eigenvalue weighted by molar-refractivity contribution is 8.01. The van der Waals surface area contributed by atoms with Crippen LogP contribution in [0.1, 0.15) is 37.0 Å². The molecule has 0 radical (unpaired) electrons. The summed E-state index contributed by atoms with van der Waals surface area (Å²) in [5.41, 5.74) is 1.25. The van der Waals surface area contributed by atoms with E-state index in [0.717, 1.165) is 6.42 Å². The molecule has 0 aliphatic carbocycles. The number of thioether (sulfide) groups is 1. The number of aromatic nitrogens is 2. The van der Waals surface area contributed by atoms with E-state index in [2.05, 4.69) is 22.3 Å². The van der Waals surface area contributed by atoms with Gasteiger partial charge >= 0.3 is 0 Å². The van der Waals surface area contributed by atoms with Crippen LogP contribution in [0.5, 0.6) is 0 Å². The van der Waals surface area contributed by atoms with E-state index in [1.807, 2.05) is 26.0 Å². The van der Waals surface area contributed by atoms with Crippen molar-refractivity contribution in [3.8, 4) is 0 Å². The second-order valence-electron chi connectivity index (χ2n) is 5.82. The lowest BCUT2D eigenvalue weighted by Crippen LogP contribution is -2.34. The van der Waals surface area contributed by atoms with Gasteiger partial charge in [-0.05, 0) is 18.1 Å². The highest BCUT2D eigenvalue weighted by Crippen LogP contribution is 2.37. The lowest BCUT2D eigenvalue weighted by Gasteiger charge is -2.18. The molecule has 0 spiro atoms. The molecular formula is C16H19N3O2S. The summed E-state index contributed by atoms with van der Waals surface area (Å²) in [5, 5.41) is 3.88. The predicted octanol–water partition coefficient (Wildman–Crippen LogP) is 2.87. The Morgan fingerprint density at radius 1 is 1.45 bits per heavy atom. The first kappa shape index (κ1) is 15.1. The number of hydrogen-bond acceptors (Lipinski definition) is 5. The molecule has 2 heterocycles. The molecule has 1 unspecified atom stereocenters. The van der Waals surface area contributed by atoms with E-state index in [0.29, 0.717) is 18.3 Å². The molecule has 1 amide bonds. The third-order valence-corrected chi connectivity index (χ3v) is 4.96. The zero-order chi connectivity index (χ0) is 15.7. The van der Waals surface area contributed by atoms with E-state index in [-0.39, 0.29) is 17.1 Å². The Kier molecular flexibility index (Phi) is 4.20. The van der Waals surface area contributed by atoms with Crippen LogP contribution in [-0.4, -0.2) is 33.2 Å². The fourth-order valence-electron chi connectivity index (χ4n) is 2.42. The maximum Gasteiger partial charge on any atom is 0.236 e. The molecule has 6 heteroatoms. The molecule has 5 nitrogen and oxygen atoms in total. The van der Waals surface area contributed by atoms with E-state index < -0.39 is 0 Å². The molecule has 0 fully saturated rings. The summed E-state index contributed by atoms with van der Waals surface area (Å²) in [6.45, 7) is 4.37. The number of hydrogen-bond donors (Lipinski definition) is 0. The van der Waals surface area contributed by atoms with Crippen LogP contribution in [0.15, 0.2) is 33.7 Å². The van der Waals surface area contributed by atoms with Crippen molar-refractivity contribution in [2.75, 3.05) is 7.05 Å². The number of carbonyl (C=O) groups is 1. The van der Waals surface area contributed by atoms with Gasteiger partial charge in [-0.2, -0.15) is 4.98 Å². The average Bonchev–Trinajstić information content (AvgIpc) is 3.12. The summed E-state index contributed by atoms with van der Waals surface area (Å²) in [5.74, 6) is 1.47. The predicted molar refractivity (Wildman–Crippen MR) is 84.7 cm³/mol.